The van der Waals surface area contributed by atoms with Crippen molar-refractivity contribution < 1.29 is 4.79 Å². The number of benzene rings is 1. The zero-order chi connectivity index (χ0) is 14.0. The first-order valence-electron chi connectivity index (χ1n) is 6.26. The number of ketones is 1. The van der Waals surface area contributed by atoms with Gasteiger partial charge in [-0.15, -0.1) is 0 Å². The molecule has 0 aliphatic rings. The number of carbonyl (C=O) groups excluding carboxylic acids is 1. The summed E-state index contributed by atoms with van der Waals surface area (Å²) < 4.78 is 1.69. The number of carbonyl (C=O) groups is 1. The van der Waals surface area contributed by atoms with E-state index in [0.29, 0.717) is 5.69 Å². The Hall–Kier alpha value is -1.94. The van der Waals surface area contributed by atoms with E-state index in [2.05, 4.69) is 5.10 Å². The number of hydrogen-bond acceptors (Lipinski definition) is 3. The van der Waals surface area contributed by atoms with Crippen molar-refractivity contribution in [3.05, 3.63) is 48.3 Å². The number of hydrogen-bond donors (Lipinski definition) is 0. The van der Waals surface area contributed by atoms with Gasteiger partial charge in [0.25, 0.3) is 0 Å². The van der Waals surface area contributed by atoms with E-state index in [-0.39, 0.29) is 5.78 Å². The van der Waals surface area contributed by atoms with Gasteiger partial charge in [-0.25, -0.2) is 4.68 Å². The smallest absolute Gasteiger partial charge is 0.200 e. The van der Waals surface area contributed by atoms with Gasteiger partial charge < -0.3 is 0 Å². The van der Waals surface area contributed by atoms with E-state index in [9.17, 15) is 4.79 Å². The molecule has 100 valence electrons. The summed E-state index contributed by atoms with van der Waals surface area (Å²) in [6.07, 6.45) is 1.66. The molecule has 1 heterocycles. The molecule has 19 heavy (non-hydrogen) atoms. The molecular weight excluding hydrogens is 238 g/mol. The molecule has 0 amide bonds. The lowest BCUT2D eigenvalue weighted by atomic mass is 9.95. The summed E-state index contributed by atoms with van der Waals surface area (Å²) in [7, 11) is 3.81. The van der Waals surface area contributed by atoms with Crippen LogP contribution in [0.3, 0.4) is 0 Å². The van der Waals surface area contributed by atoms with Crippen LogP contribution in [-0.2, 0) is 0 Å². The van der Waals surface area contributed by atoms with Crippen molar-refractivity contribution in [2.45, 2.75) is 19.4 Å². The molecular formula is C15H19N3O. The van der Waals surface area contributed by atoms with Crippen LogP contribution < -0.4 is 0 Å². The SMILES string of the molecule is CN(C)C(C)(C)C(=O)c1ccnn1-c1ccccc1. The second-order valence-corrected chi connectivity index (χ2v) is 5.25. The van der Waals surface area contributed by atoms with Crippen molar-refractivity contribution in [3.8, 4) is 5.69 Å². The Morgan fingerprint density at radius 3 is 2.37 bits per heavy atom. The summed E-state index contributed by atoms with van der Waals surface area (Å²) >= 11 is 0. The average molecular weight is 257 g/mol. The zero-order valence-corrected chi connectivity index (χ0v) is 11.8. The van der Waals surface area contributed by atoms with Gasteiger partial charge >= 0.3 is 0 Å². The molecule has 0 fully saturated rings. The minimum absolute atomic E-state index is 0.0545. The van der Waals surface area contributed by atoms with Crippen LogP contribution >= 0.6 is 0 Å². The van der Waals surface area contributed by atoms with Crippen molar-refractivity contribution in [3.63, 3.8) is 0 Å². The Balaban J connectivity index is 2.44. The molecule has 0 bridgehead atoms. The molecule has 1 aromatic heterocycles. The molecule has 0 unspecified atom stereocenters. The fourth-order valence-corrected chi connectivity index (χ4v) is 1.77. The van der Waals surface area contributed by atoms with Crippen molar-refractivity contribution in [2.24, 2.45) is 0 Å². The quantitative estimate of drug-likeness (QED) is 0.789. The van der Waals surface area contributed by atoms with Gasteiger partial charge in [0.1, 0.15) is 5.69 Å². The summed E-state index contributed by atoms with van der Waals surface area (Å²) in [6, 6.07) is 11.4. The standard InChI is InChI=1S/C15H19N3O/c1-15(2,17(3)4)14(19)13-10-11-16-18(13)12-8-6-5-7-9-12/h5-11H,1-4H3. The molecule has 0 aliphatic carbocycles. The molecule has 0 atom stereocenters. The number of likely N-dealkylation sites (N-methyl/N-ethyl adjacent to an activating group) is 1. The van der Waals surface area contributed by atoms with Crippen LogP contribution in [-0.4, -0.2) is 40.1 Å². The maximum absolute atomic E-state index is 12.7. The summed E-state index contributed by atoms with van der Waals surface area (Å²) in [5, 5.41) is 4.26. The van der Waals surface area contributed by atoms with Crippen LogP contribution in [0.15, 0.2) is 42.6 Å². The van der Waals surface area contributed by atoms with Crippen LogP contribution in [0.25, 0.3) is 5.69 Å². The van der Waals surface area contributed by atoms with Crippen LogP contribution in [0.5, 0.6) is 0 Å². The average Bonchev–Trinajstić information content (AvgIpc) is 2.87. The summed E-state index contributed by atoms with van der Waals surface area (Å²) in [6.45, 7) is 3.83. The zero-order valence-electron chi connectivity index (χ0n) is 11.8. The fourth-order valence-electron chi connectivity index (χ4n) is 1.77. The lowest BCUT2D eigenvalue weighted by molar-refractivity contribution is 0.0747. The van der Waals surface area contributed by atoms with E-state index in [0.717, 1.165) is 5.69 Å². The molecule has 4 nitrogen and oxygen atoms in total. The van der Waals surface area contributed by atoms with Gasteiger partial charge in [-0.2, -0.15) is 5.10 Å². The maximum atomic E-state index is 12.7. The topological polar surface area (TPSA) is 38.1 Å². The highest BCUT2D eigenvalue weighted by Crippen LogP contribution is 2.19. The highest BCUT2D eigenvalue weighted by molar-refractivity contribution is 6.01. The van der Waals surface area contributed by atoms with Gasteiger partial charge in [0.2, 0.25) is 5.78 Å². The number of nitrogens with zero attached hydrogens (tertiary/aromatic N) is 3. The van der Waals surface area contributed by atoms with Gasteiger partial charge in [-0.05, 0) is 46.1 Å². The van der Waals surface area contributed by atoms with Gasteiger partial charge in [-0.1, -0.05) is 18.2 Å². The fraction of sp³-hybridized carbons (Fsp3) is 0.333. The van der Waals surface area contributed by atoms with E-state index in [4.69, 9.17) is 0 Å². The van der Waals surface area contributed by atoms with Crippen LogP contribution in [0.1, 0.15) is 24.3 Å². The Kier molecular flexibility index (Phi) is 3.53. The first-order valence-corrected chi connectivity index (χ1v) is 6.26. The third-order valence-electron chi connectivity index (χ3n) is 3.55. The highest BCUT2D eigenvalue weighted by atomic mass is 16.1. The van der Waals surface area contributed by atoms with Crippen LogP contribution in [0.4, 0.5) is 0 Å². The van der Waals surface area contributed by atoms with Crippen molar-refractivity contribution in [2.75, 3.05) is 14.1 Å². The summed E-state index contributed by atoms with van der Waals surface area (Å²) in [5.41, 5.74) is 0.933. The molecule has 0 N–H and O–H groups in total. The lowest BCUT2D eigenvalue weighted by Crippen LogP contribution is -2.46. The lowest BCUT2D eigenvalue weighted by Gasteiger charge is -2.30. The predicted molar refractivity (Wildman–Crippen MR) is 75.7 cm³/mol. The van der Waals surface area contributed by atoms with Crippen LogP contribution in [0, 0.1) is 0 Å². The molecule has 4 heteroatoms. The first kappa shape index (κ1) is 13.5. The number of Topliss-reactive ketones (excluding diaryl/α,β-unsaturated/α-hetero) is 1. The Morgan fingerprint density at radius 1 is 1.16 bits per heavy atom. The maximum Gasteiger partial charge on any atom is 0.200 e. The first-order chi connectivity index (χ1) is 8.94. The van der Waals surface area contributed by atoms with Gasteiger partial charge in [0, 0.05) is 0 Å². The molecule has 0 radical (unpaired) electrons. The number of rotatable bonds is 4. The number of para-hydroxylation sites is 1. The Bertz CT molecular complexity index is 570. The largest absolute Gasteiger partial charge is 0.297 e. The van der Waals surface area contributed by atoms with E-state index in [1.807, 2.05) is 63.2 Å². The summed E-state index contributed by atoms with van der Waals surface area (Å²) in [5.74, 6) is 0.0545. The van der Waals surface area contributed by atoms with Gasteiger partial charge in [-0.3, -0.25) is 9.69 Å². The Morgan fingerprint density at radius 2 is 1.79 bits per heavy atom. The van der Waals surface area contributed by atoms with Gasteiger partial charge in [0.15, 0.2) is 0 Å². The van der Waals surface area contributed by atoms with Crippen molar-refractivity contribution >= 4 is 5.78 Å². The molecule has 2 aromatic rings. The normalized spacial score (nSPS) is 11.8. The highest BCUT2D eigenvalue weighted by Gasteiger charge is 2.33. The van der Waals surface area contributed by atoms with E-state index in [1.54, 1.807) is 16.9 Å². The molecule has 2 rings (SSSR count). The molecule has 1 aromatic carbocycles. The molecule has 0 spiro atoms. The Labute approximate surface area is 113 Å². The molecule has 0 saturated carbocycles. The molecule has 0 aliphatic heterocycles. The van der Waals surface area contributed by atoms with E-state index in [1.165, 1.54) is 0 Å². The van der Waals surface area contributed by atoms with E-state index < -0.39 is 5.54 Å². The second-order valence-electron chi connectivity index (χ2n) is 5.25. The third-order valence-corrected chi connectivity index (χ3v) is 3.55. The molecule has 0 saturated heterocycles. The van der Waals surface area contributed by atoms with Crippen molar-refractivity contribution in [1.82, 2.24) is 14.7 Å². The second kappa shape index (κ2) is 4.97. The van der Waals surface area contributed by atoms with Crippen LogP contribution in [0.2, 0.25) is 0 Å². The minimum Gasteiger partial charge on any atom is -0.297 e. The van der Waals surface area contributed by atoms with Crippen molar-refractivity contribution in [1.29, 1.82) is 0 Å². The minimum atomic E-state index is -0.563. The number of aromatic nitrogens is 2. The van der Waals surface area contributed by atoms with Gasteiger partial charge in [0.05, 0.1) is 17.4 Å². The third kappa shape index (κ3) is 2.44. The van der Waals surface area contributed by atoms with E-state index >= 15 is 0 Å². The monoisotopic (exact) mass is 257 g/mol. The predicted octanol–water partition coefficient (Wildman–Crippen LogP) is 2.40. The summed E-state index contributed by atoms with van der Waals surface area (Å²) in [4.78, 5) is 14.6.